The van der Waals surface area contributed by atoms with E-state index in [0.29, 0.717) is 31.4 Å². The number of hydrogen-bond donors (Lipinski definition) is 1. The lowest BCUT2D eigenvalue weighted by Crippen LogP contribution is -2.35. The van der Waals surface area contributed by atoms with E-state index in [1.165, 1.54) is 18.2 Å². The predicted octanol–water partition coefficient (Wildman–Crippen LogP) is 1.64. The van der Waals surface area contributed by atoms with Crippen molar-refractivity contribution in [3.05, 3.63) is 33.9 Å². The molecule has 7 nitrogen and oxygen atoms in total. The fourth-order valence-corrected chi connectivity index (χ4v) is 2.62. The molecule has 1 saturated carbocycles. The van der Waals surface area contributed by atoms with Crippen LogP contribution in [0.2, 0.25) is 0 Å². The summed E-state index contributed by atoms with van der Waals surface area (Å²) in [5.74, 6) is -0.404. The average Bonchev–Trinajstić information content (AvgIpc) is 2.46. The van der Waals surface area contributed by atoms with Crippen LogP contribution < -0.4 is 10.6 Å². The fourth-order valence-electron chi connectivity index (χ4n) is 2.62. The van der Waals surface area contributed by atoms with Crippen molar-refractivity contribution in [2.24, 2.45) is 5.73 Å². The van der Waals surface area contributed by atoms with Crippen molar-refractivity contribution in [2.45, 2.75) is 31.7 Å². The summed E-state index contributed by atoms with van der Waals surface area (Å²) in [5, 5.41) is 11.2. The maximum absolute atomic E-state index is 11.3. The zero-order valence-corrected chi connectivity index (χ0v) is 11.7. The Morgan fingerprint density at radius 2 is 2.00 bits per heavy atom. The van der Waals surface area contributed by atoms with Gasteiger partial charge in [-0.2, -0.15) is 0 Å². The van der Waals surface area contributed by atoms with E-state index in [2.05, 4.69) is 0 Å². The molecule has 0 saturated heterocycles. The topological polar surface area (TPSA) is 107 Å². The SMILES string of the molecule is CN(c1cc(C(N)=O)ccc1[N+](=O)[O-])C1CCC(=O)CC1. The summed E-state index contributed by atoms with van der Waals surface area (Å²) in [5.41, 5.74) is 5.75. The van der Waals surface area contributed by atoms with Gasteiger partial charge in [0.1, 0.15) is 11.5 Å². The van der Waals surface area contributed by atoms with Gasteiger partial charge in [-0.05, 0) is 25.0 Å². The normalized spacial score (nSPS) is 15.8. The number of ketones is 1. The molecular formula is C14H17N3O4. The molecule has 1 aliphatic rings. The van der Waals surface area contributed by atoms with Crippen LogP contribution in [0, 0.1) is 10.1 Å². The zero-order chi connectivity index (χ0) is 15.6. The number of nitro benzene ring substituents is 1. The first-order valence-corrected chi connectivity index (χ1v) is 6.73. The van der Waals surface area contributed by atoms with Crippen LogP contribution in [-0.2, 0) is 4.79 Å². The maximum Gasteiger partial charge on any atom is 0.292 e. The highest BCUT2D eigenvalue weighted by Crippen LogP contribution is 2.32. The van der Waals surface area contributed by atoms with Crippen LogP contribution in [0.1, 0.15) is 36.0 Å². The molecule has 0 aliphatic heterocycles. The van der Waals surface area contributed by atoms with Crippen molar-refractivity contribution in [1.29, 1.82) is 0 Å². The number of benzene rings is 1. The second-order valence-electron chi connectivity index (χ2n) is 5.21. The molecule has 1 fully saturated rings. The molecule has 2 N–H and O–H groups in total. The maximum atomic E-state index is 11.3. The molecule has 1 aromatic carbocycles. The van der Waals surface area contributed by atoms with Crippen LogP contribution in [0.15, 0.2) is 18.2 Å². The van der Waals surface area contributed by atoms with Gasteiger partial charge >= 0.3 is 0 Å². The highest BCUT2D eigenvalue weighted by molar-refractivity contribution is 5.94. The Morgan fingerprint density at radius 1 is 1.38 bits per heavy atom. The summed E-state index contributed by atoms with van der Waals surface area (Å²) >= 11 is 0. The predicted molar refractivity (Wildman–Crippen MR) is 77.3 cm³/mol. The minimum Gasteiger partial charge on any atom is -0.366 e. The third-order valence-electron chi connectivity index (χ3n) is 3.90. The molecule has 112 valence electrons. The van der Waals surface area contributed by atoms with Gasteiger partial charge in [-0.3, -0.25) is 19.7 Å². The first-order valence-electron chi connectivity index (χ1n) is 6.73. The van der Waals surface area contributed by atoms with E-state index in [1.807, 2.05) is 0 Å². The summed E-state index contributed by atoms with van der Waals surface area (Å²) in [6, 6.07) is 4.13. The highest BCUT2D eigenvalue weighted by Gasteiger charge is 2.27. The standard InChI is InChI=1S/C14H17N3O4/c1-16(10-3-5-11(18)6-4-10)13-8-9(14(15)19)2-7-12(13)17(20)21/h2,7-8,10H,3-6H2,1H3,(H2,15,19). The number of rotatable bonds is 4. The Balaban J connectivity index is 2.35. The second kappa shape index (κ2) is 5.90. The van der Waals surface area contributed by atoms with Crippen molar-refractivity contribution in [2.75, 3.05) is 11.9 Å². The number of Topliss-reactive ketones (excluding diaryl/α,β-unsaturated/α-hetero) is 1. The molecule has 0 aromatic heterocycles. The molecule has 0 unspecified atom stereocenters. The number of primary amides is 1. The average molecular weight is 291 g/mol. The number of amides is 1. The lowest BCUT2D eigenvalue weighted by Gasteiger charge is -2.32. The summed E-state index contributed by atoms with van der Waals surface area (Å²) in [6.07, 6.45) is 2.29. The zero-order valence-electron chi connectivity index (χ0n) is 11.7. The van der Waals surface area contributed by atoms with Gasteiger partial charge in [0, 0.05) is 37.6 Å². The largest absolute Gasteiger partial charge is 0.366 e. The van der Waals surface area contributed by atoms with Crippen molar-refractivity contribution in [3.63, 3.8) is 0 Å². The Bertz CT molecular complexity index is 590. The lowest BCUT2D eigenvalue weighted by atomic mass is 9.93. The smallest absolute Gasteiger partial charge is 0.292 e. The number of hydrogen-bond acceptors (Lipinski definition) is 5. The van der Waals surface area contributed by atoms with Gasteiger partial charge < -0.3 is 10.6 Å². The number of carbonyl (C=O) groups is 2. The molecule has 21 heavy (non-hydrogen) atoms. The van der Waals surface area contributed by atoms with Gasteiger partial charge in [0.25, 0.3) is 5.69 Å². The Labute approximate surface area is 121 Å². The van der Waals surface area contributed by atoms with Gasteiger partial charge in [0.15, 0.2) is 0 Å². The molecule has 1 aromatic rings. The Morgan fingerprint density at radius 3 is 2.52 bits per heavy atom. The molecule has 1 aliphatic carbocycles. The Hall–Kier alpha value is -2.44. The van der Waals surface area contributed by atoms with Crippen LogP contribution in [0.4, 0.5) is 11.4 Å². The van der Waals surface area contributed by atoms with Crippen molar-refractivity contribution < 1.29 is 14.5 Å². The van der Waals surface area contributed by atoms with Crippen LogP contribution in [0.25, 0.3) is 0 Å². The third-order valence-corrected chi connectivity index (χ3v) is 3.90. The van der Waals surface area contributed by atoms with Crippen LogP contribution in [0.3, 0.4) is 0 Å². The number of anilines is 1. The van der Waals surface area contributed by atoms with Gasteiger partial charge in [-0.15, -0.1) is 0 Å². The van der Waals surface area contributed by atoms with E-state index in [0.717, 1.165) is 0 Å². The van der Waals surface area contributed by atoms with Crippen molar-refractivity contribution >= 4 is 23.1 Å². The summed E-state index contributed by atoms with van der Waals surface area (Å²) < 4.78 is 0. The van der Waals surface area contributed by atoms with Crippen LogP contribution in [0.5, 0.6) is 0 Å². The van der Waals surface area contributed by atoms with E-state index < -0.39 is 10.8 Å². The van der Waals surface area contributed by atoms with Crippen molar-refractivity contribution in [1.82, 2.24) is 0 Å². The van der Waals surface area contributed by atoms with E-state index in [4.69, 9.17) is 5.73 Å². The lowest BCUT2D eigenvalue weighted by molar-refractivity contribution is -0.384. The molecule has 2 rings (SSSR count). The first-order chi connectivity index (χ1) is 9.90. The van der Waals surface area contributed by atoms with Gasteiger partial charge in [-0.25, -0.2) is 0 Å². The van der Waals surface area contributed by atoms with Crippen molar-refractivity contribution in [3.8, 4) is 0 Å². The minimum atomic E-state index is -0.627. The Kier molecular flexibility index (Phi) is 4.21. The molecule has 0 spiro atoms. The molecule has 0 heterocycles. The number of nitro groups is 1. The van der Waals surface area contributed by atoms with Gasteiger partial charge in [0.2, 0.25) is 5.91 Å². The molecular weight excluding hydrogens is 274 g/mol. The highest BCUT2D eigenvalue weighted by atomic mass is 16.6. The van der Waals surface area contributed by atoms with Gasteiger partial charge in [-0.1, -0.05) is 0 Å². The molecule has 0 radical (unpaired) electrons. The number of nitrogens with two attached hydrogens (primary N) is 1. The summed E-state index contributed by atoms with van der Waals surface area (Å²) in [4.78, 5) is 35.0. The first kappa shape index (κ1) is 15.0. The second-order valence-corrected chi connectivity index (χ2v) is 5.21. The third kappa shape index (κ3) is 3.18. The van der Waals surface area contributed by atoms with E-state index >= 15 is 0 Å². The summed E-state index contributed by atoms with van der Waals surface area (Å²) in [6.45, 7) is 0. The van der Waals surface area contributed by atoms with Crippen LogP contribution in [-0.4, -0.2) is 29.7 Å². The number of nitrogens with zero attached hydrogens (tertiary/aromatic N) is 2. The molecule has 1 amide bonds. The summed E-state index contributed by atoms with van der Waals surface area (Å²) in [7, 11) is 1.74. The molecule has 0 bridgehead atoms. The molecule has 7 heteroatoms. The molecule has 0 atom stereocenters. The van der Waals surface area contributed by atoms with Gasteiger partial charge in [0.05, 0.1) is 4.92 Å². The van der Waals surface area contributed by atoms with E-state index in [9.17, 15) is 19.7 Å². The van der Waals surface area contributed by atoms with E-state index in [-0.39, 0.29) is 23.1 Å². The monoisotopic (exact) mass is 291 g/mol. The fraction of sp³-hybridized carbons (Fsp3) is 0.429. The van der Waals surface area contributed by atoms with E-state index in [1.54, 1.807) is 11.9 Å². The quantitative estimate of drug-likeness (QED) is 0.670. The van der Waals surface area contributed by atoms with Crippen LogP contribution >= 0.6 is 0 Å². The minimum absolute atomic E-state index is 0.0459. The number of carbonyl (C=O) groups excluding carboxylic acids is 2.